The van der Waals surface area contributed by atoms with Gasteiger partial charge in [-0.15, -0.1) is 0 Å². The minimum absolute atomic E-state index is 0.117. The molecule has 4 rings (SSSR count). The van der Waals surface area contributed by atoms with E-state index in [9.17, 15) is 4.79 Å². The first kappa shape index (κ1) is 22.0. The van der Waals surface area contributed by atoms with Crippen LogP contribution in [0.25, 0.3) is 17.2 Å². The van der Waals surface area contributed by atoms with Gasteiger partial charge in [0.15, 0.2) is 0 Å². The zero-order chi connectivity index (χ0) is 22.8. The Morgan fingerprint density at radius 2 is 2.06 bits per heavy atom. The van der Waals surface area contributed by atoms with Crippen molar-refractivity contribution in [3.63, 3.8) is 0 Å². The summed E-state index contributed by atoms with van der Waals surface area (Å²) >= 11 is 0. The van der Waals surface area contributed by atoms with Crippen molar-refractivity contribution in [1.82, 2.24) is 15.0 Å². The average molecular weight is 434 g/mol. The third kappa shape index (κ3) is 4.51. The van der Waals surface area contributed by atoms with Crippen molar-refractivity contribution in [2.75, 3.05) is 30.3 Å². The van der Waals surface area contributed by atoms with E-state index in [1.165, 1.54) is 0 Å². The molecule has 0 saturated carbocycles. The van der Waals surface area contributed by atoms with E-state index in [0.717, 1.165) is 12.2 Å². The first-order valence-corrected chi connectivity index (χ1v) is 10.9. The van der Waals surface area contributed by atoms with E-state index < -0.39 is 0 Å². The fraction of sp³-hybridized carbons (Fsp3) is 0.375. The first-order valence-electron chi connectivity index (χ1n) is 10.9. The van der Waals surface area contributed by atoms with Crippen molar-refractivity contribution in [2.45, 2.75) is 33.2 Å². The number of aromatic nitrogens is 2. The first-order chi connectivity index (χ1) is 15.3. The summed E-state index contributed by atoms with van der Waals surface area (Å²) in [6, 6.07) is 11.0. The molecule has 1 atom stereocenters. The maximum absolute atomic E-state index is 13.5. The van der Waals surface area contributed by atoms with Crippen LogP contribution in [0.3, 0.4) is 0 Å². The van der Waals surface area contributed by atoms with Crippen LogP contribution >= 0.6 is 0 Å². The highest BCUT2D eigenvalue weighted by Gasteiger charge is 2.26. The molecule has 168 valence electrons. The van der Waals surface area contributed by atoms with Gasteiger partial charge in [-0.3, -0.25) is 4.79 Å². The molecule has 0 amide bonds. The number of nitrogens with zero attached hydrogens (tertiary/aromatic N) is 4. The lowest BCUT2D eigenvalue weighted by molar-refractivity contribution is 0.103. The summed E-state index contributed by atoms with van der Waals surface area (Å²) in [6.07, 6.45) is 2.49. The normalized spacial score (nSPS) is 17.2. The third-order valence-corrected chi connectivity index (χ3v) is 5.73. The number of piperazine rings is 1. The van der Waals surface area contributed by atoms with Crippen LogP contribution in [-0.2, 0) is 0 Å². The number of aryl methyl sites for hydroxylation is 1. The van der Waals surface area contributed by atoms with Gasteiger partial charge < -0.3 is 25.9 Å². The topological polar surface area (TPSA) is 112 Å². The van der Waals surface area contributed by atoms with Gasteiger partial charge in [0.05, 0.1) is 5.56 Å². The van der Waals surface area contributed by atoms with E-state index in [0.29, 0.717) is 48.3 Å². The number of nitrogens with two attached hydrogens (primary N) is 1. The highest BCUT2D eigenvalue weighted by Crippen LogP contribution is 2.30. The summed E-state index contributed by atoms with van der Waals surface area (Å²) in [5.74, 6) is 10.7. The van der Waals surface area contributed by atoms with Crippen LogP contribution in [-0.4, -0.2) is 46.4 Å². The quantitative estimate of drug-likeness (QED) is 0.575. The lowest BCUT2D eigenvalue weighted by atomic mass is 10.0. The Labute approximate surface area is 188 Å². The summed E-state index contributed by atoms with van der Waals surface area (Å²) in [7, 11) is 0. The molecule has 8 heteroatoms. The van der Waals surface area contributed by atoms with E-state index in [4.69, 9.17) is 21.0 Å². The van der Waals surface area contributed by atoms with Crippen molar-refractivity contribution < 1.29 is 9.21 Å². The van der Waals surface area contributed by atoms with Crippen molar-refractivity contribution in [3.05, 3.63) is 65.5 Å². The zero-order valence-corrected chi connectivity index (χ0v) is 18.7. The number of furan rings is 1. The number of nitrogens with one attached hydrogen (secondary N) is 1. The Balaban J connectivity index is 1.74. The van der Waals surface area contributed by atoms with Gasteiger partial charge in [0.2, 0.25) is 5.78 Å². The van der Waals surface area contributed by atoms with Gasteiger partial charge in [-0.2, -0.15) is 0 Å². The van der Waals surface area contributed by atoms with Crippen molar-refractivity contribution in [2.24, 2.45) is 5.92 Å². The maximum Gasteiger partial charge on any atom is 0.215 e. The summed E-state index contributed by atoms with van der Waals surface area (Å²) < 4.78 is 5.80. The molecule has 0 aromatic carbocycles. The molecule has 1 fully saturated rings. The highest BCUT2D eigenvalue weighted by molar-refractivity contribution is 6.13. The van der Waals surface area contributed by atoms with Gasteiger partial charge >= 0.3 is 0 Å². The molecule has 1 aliphatic rings. The van der Waals surface area contributed by atoms with Gasteiger partial charge in [-0.25, -0.2) is 9.97 Å². The van der Waals surface area contributed by atoms with E-state index >= 15 is 0 Å². The van der Waals surface area contributed by atoms with Crippen LogP contribution in [0.15, 0.2) is 47.0 Å². The van der Waals surface area contributed by atoms with Crippen LogP contribution in [0.5, 0.6) is 0 Å². The van der Waals surface area contributed by atoms with Crippen molar-refractivity contribution >= 4 is 17.4 Å². The number of hydrogen-bond acceptors (Lipinski definition) is 7. The predicted molar refractivity (Wildman–Crippen MR) is 125 cm³/mol. The van der Waals surface area contributed by atoms with Crippen LogP contribution in [0, 0.1) is 12.8 Å². The standard InChI is InChI=1S/C24H29N6O2/c1-15(2)13-17-14-29(11-12-30(17)26)21-9-7-18(20-8-6-16(3)32-20)22(28-21)23(31)19-5-4-10-27-24(19)25/h4-10,15,17,26H,11-14H2,1-3H3,(H2,25,27)/q-1/t17-/m0/s1. The van der Waals surface area contributed by atoms with Crippen molar-refractivity contribution in [1.29, 1.82) is 0 Å². The molecule has 0 aliphatic carbocycles. The average Bonchev–Trinajstić information content (AvgIpc) is 3.20. The number of anilines is 2. The molecule has 4 heterocycles. The fourth-order valence-electron chi connectivity index (χ4n) is 4.12. The molecule has 1 aliphatic heterocycles. The second-order valence-electron chi connectivity index (χ2n) is 8.66. The summed E-state index contributed by atoms with van der Waals surface area (Å²) in [5, 5.41) is 1.67. The third-order valence-electron chi connectivity index (χ3n) is 5.73. The second-order valence-corrected chi connectivity index (χ2v) is 8.66. The SMILES string of the molecule is Cc1ccc(-c2ccc(N3CCN([NH-])[C@@H](CC(C)C)C3)nc2C(=O)c2cccnc2N)o1. The van der Waals surface area contributed by atoms with Crippen LogP contribution in [0.4, 0.5) is 11.6 Å². The lowest BCUT2D eigenvalue weighted by Gasteiger charge is -2.46. The van der Waals surface area contributed by atoms with Crippen molar-refractivity contribution in [3.8, 4) is 11.3 Å². The summed E-state index contributed by atoms with van der Waals surface area (Å²) in [6.45, 7) is 8.18. The molecular weight excluding hydrogens is 404 g/mol. The predicted octanol–water partition coefficient (Wildman–Crippen LogP) is 4.36. The highest BCUT2D eigenvalue weighted by atomic mass is 16.3. The molecule has 8 nitrogen and oxygen atoms in total. The van der Waals surface area contributed by atoms with E-state index in [1.54, 1.807) is 23.3 Å². The van der Waals surface area contributed by atoms with Crippen LogP contribution < -0.4 is 10.6 Å². The molecule has 3 aromatic rings. The monoisotopic (exact) mass is 433 g/mol. The van der Waals surface area contributed by atoms with Crippen LogP contribution in [0.1, 0.15) is 42.1 Å². The van der Waals surface area contributed by atoms with Gasteiger partial charge in [-0.05, 0) is 62.2 Å². The smallest absolute Gasteiger partial charge is 0.215 e. The minimum Gasteiger partial charge on any atom is -0.609 e. The van der Waals surface area contributed by atoms with E-state index in [1.807, 2.05) is 31.2 Å². The number of pyridine rings is 2. The number of nitrogen functional groups attached to an aromatic ring is 1. The fourth-order valence-corrected chi connectivity index (χ4v) is 4.12. The van der Waals surface area contributed by atoms with E-state index in [2.05, 4.69) is 23.7 Å². The molecule has 0 radical (unpaired) electrons. The second kappa shape index (κ2) is 9.10. The molecule has 3 aromatic heterocycles. The van der Waals surface area contributed by atoms with Gasteiger partial charge in [0.1, 0.15) is 28.9 Å². The number of hydrogen-bond donors (Lipinski definition) is 1. The minimum atomic E-state index is -0.292. The molecule has 3 N–H and O–H groups in total. The molecule has 0 unspecified atom stereocenters. The maximum atomic E-state index is 13.5. The Morgan fingerprint density at radius 3 is 2.75 bits per heavy atom. The Morgan fingerprint density at radius 1 is 1.25 bits per heavy atom. The summed E-state index contributed by atoms with van der Waals surface area (Å²) in [5.41, 5.74) is 7.21. The molecule has 0 spiro atoms. The summed E-state index contributed by atoms with van der Waals surface area (Å²) in [4.78, 5) is 24.5. The molecule has 0 bridgehead atoms. The number of carbonyl (C=O) groups is 1. The largest absolute Gasteiger partial charge is 0.609 e. The Hall–Kier alpha value is -3.23. The van der Waals surface area contributed by atoms with Crippen LogP contribution in [0.2, 0.25) is 0 Å². The Bertz CT molecular complexity index is 1110. The molecular formula is C24H29N6O2-. The zero-order valence-electron chi connectivity index (χ0n) is 18.7. The van der Waals surface area contributed by atoms with Gasteiger partial charge in [-0.1, -0.05) is 13.8 Å². The number of ketones is 1. The van der Waals surface area contributed by atoms with E-state index in [-0.39, 0.29) is 23.3 Å². The Kier molecular flexibility index (Phi) is 6.25. The molecule has 1 saturated heterocycles. The number of carbonyl (C=O) groups excluding carboxylic acids is 1. The van der Waals surface area contributed by atoms with Gasteiger partial charge in [0, 0.05) is 30.9 Å². The molecule has 32 heavy (non-hydrogen) atoms. The van der Waals surface area contributed by atoms with Gasteiger partial charge in [0.25, 0.3) is 0 Å². The lowest BCUT2D eigenvalue weighted by Crippen LogP contribution is -2.50. The number of rotatable bonds is 6.